The largest absolute Gasteiger partial charge is 0.543 e. The van der Waals surface area contributed by atoms with E-state index in [4.69, 9.17) is 18.5 Å². The number of nitrogens with zero attached hydrogens (tertiary/aromatic N) is 2. The second-order valence-corrected chi connectivity index (χ2v) is 18.3. The standard InChI is InChI=1S/C44H51FN5O10P/c1-43(2,3)58-41(54)46-36-23-14-6-4-5-9-17-30-25-44(30,40(53)48-61(56,59-31-18-10-7-11-19-31)60-32-20-12-8-13-21-32)47-38(51)37-24-33(27-50(37)39(36)52)57-42(55)49-26-29-16-15-22-35(45)34(29)28-49/h7-13,15-22,30,33,36-37H,4-6,14,23-28H2,1-3H3,(H,46,54)(H,47,51)(H,48,53,56)/b17-9-/t30?,33-,36+,37+,44-/m1/s1. The summed E-state index contributed by atoms with van der Waals surface area (Å²) in [7, 11) is -4.51. The molecule has 1 unspecified atom stereocenters. The lowest BCUT2D eigenvalue weighted by Crippen LogP contribution is -2.57. The van der Waals surface area contributed by atoms with E-state index in [1.54, 1.807) is 93.6 Å². The van der Waals surface area contributed by atoms with Gasteiger partial charge in [0.05, 0.1) is 13.1 Å². The molecule has 1 aliphatic carbocycles. The number of allylic oxidation sites excluding steroid dienone is 1. The smallest absolute Gasteiger partial charge is 0.444 e. The third-order valence-corrected chi connectivity index (χ3v) is 12.3. The first-order valence-electron chi connectivity index (χ1n) is 20.5. The van der Waals surface area contributed by atoms with Crippen molar-refractivity contribution in [3.8, 4) is 11.5 Å². The molecule has 0 bridgehead atoms. The minimum Gasteiger partial charge on any atom is -0.444 e. The summed E-state index contributed by atoms with van der Waals surface area (Å²) in [6, 6.07) is 18.6. The van der Waals surface area contributed by atoms with Gasteiger partial charge in [0.25, 0.3) is 5.91 Å². The van der Waals surface area contributed by atoms with Crippen molar-refractivity contribution in [2.45, 2.75) is 108 Å². The van der Waals surface area contributed by atoms with Crippen LogP contribution >= 0.6 is 7.75 Å². The molecule has 3 N–H and O–H groups in total. The van der Waals surface area contributed by atoms with Crippen LogP contribution in [-0.2, 0) is 41.5 Å². The first-order chi connectivity index (χ1) is 29.1. The predicted molar refractivity (Wildman–Crippen MR) is 220 cm³/mol. The fourth-order valence-corrected chi connectivity index (χ4v) is 9.25. The molecule has 3 aliphatic heterocycles. The van der Waals surface area contributed by atoms with Gasteiger partial charge < -0.3 is 34.1 Å². The topological polar surface area (TPSA) is 182 Å². The van der Waals surface area contributed by atoms with Crippen molar-refractivity contribution < 1.29 is 51.4 Å². The fourth-order valence-electron chi connectivity index (χ4n) is 7.87. The third kappa shape index (κ3) is 10.5. The Morgan fingerprint density at radius 3 is 2.25 bits per heavy atom. The van der Waals surface area contributed by atoms with Gasteiger partial charge in [0.2, 0.25) is 11.8 Å². The van der Waals surface area contributed by atoms with Gasteiger partial charge in [-0.3, -0.25) is 19.3 Å². The molecule has 0 spiro atoms. The molecule has 7 rings (SSSR count). The van der Waals surface area contributed by atoms with Gasteiger partial charge >= 0.3 is 19.9 Å². The summed E-state index contributed by atoms with van der Waals surface area (Å²) >= 11 is 0. The highest BCUT2D eigenvalue weighted by Gasteiger charge is 2.62. The van der Waals surface area contributed by atoms with Crippen LogP contribution in [0.1, 0.15) is 76.8 Å². The van der Waals surface area contributed by atoms with E-state index in [2.05, 4.69) is 15.7 Å². The van der Waals surface area contributed by atoms with Gasteiger partial charge in [-0.1, -0.05) is 73.5 Å². The van der Waals surface area contributed by atoms with Gasteiger partial charge in [0.15, 0.2) is 0 Å². The normalized spacial score (nSPS) is 24.7. The van der Waals surface area contributed by atoms with Gasteiger partial charge in [-0.2, -0.15) is 0 Å². The number of fused-ring (bicyclic) bond motifs is 3. The van der Waals surface area contributed by atoms with Crippen LogP contribution in [0.5, 0.6) is 11.5 Å². The number of alkyl carbamates (subject to hydrolysis) is 1. The molecule has 2 fully saturated rings. The quantitative estimate of drug-likeness (QED) is 0.159. The van der Waals surface area contributed by atoms with E-state index in [0.717, 1.165) is 6.42 Å². The minimum atomic E-state index is -4.51. The molecular weight excluding hydrogens is 808 g/mol. The number of benzene rings is 3. The molecule has 4 aliphatic rings. The summed E-state index contributed by atoms with van der Waals surface area (Å²) in [6.07, 6.45) is 4.07. The SMILES string of the molecule is CC(C)(C)OC(=O)N[C@H]1CCCCC/C=C\C2C[C@@]2(C(=O)NP(=O)(Oc2ccccc2)Oc2ccccc2)NC(=O)[C@@H]2C[C@@H](OC(=O)N3Cc4cccc(F)c4C3)CN2C1=O. The van der Waals surface area contributed by atoms with Gasteiger partial charge in [0.1, 0.15) is 46.6 Å². The lowest BCUT2D eigenvalue weighted by atomic mass is 10.0. The van der Waals surface area contributed by atoms with Crippen molar-refractivity contribution in [3.05, 3.63) is 108 Å². The lowest BCUT2D eigenvalue weighted by Gasteiger charge is -2.30. The molecule has 3 heterocycles. The van der Waals surface area contributed by atoms with E-state index < -0.39 is 78.7 Å². The second-order valence-electron chi connectivity index (χ2n) is 16.8. The van der Waals surface area contributed by atoms with Crippen LogP contribution in [0.4, 0.5) is 14.0 Å². The third-order valence-electron chi connectivity index (χ3n) is 11.0. The zero-order valence-electron chi connectivity index (χ0n) is 34.3. The van der Waals surface area contributed by atoms with E-state index >= 15 is 0 Å². The van der Waals surface area contributed by atoms with Crippen molar-refractivity contribution in [1.29, 1.82) is 0 Å². The number of hydrogen-bond donors (Lipinski definition) is 3. The Kier molecular flexibility index (Phi) is 12.7. The number of amides is 5. The predicted octanol–water partition coefficient (Wildman–Crippen LogP) is 6.92. The van der Waals surface area contributed by atoms with Crippen molar-refractivity contribution in [1.82, 2.24) is 25.5 Å². The number of carbonyl (C=O) groups is 5. The van der Waals surface area contributed by atoms with Crippen LogP contribution in [0.15, 0.2) is 91.0 Å². The number of para-hydroxylation sites is 2. The van der Waals surface area contributed by atoms with E-state index in [1.807, 2.05) is 12.2 Å². The molecule has 5 atom stereocenters. The van der Waals surface area contributed by atoms with E-state index in [-0.39, 0.29) is 50.4 Å². The van der Waals surface area contributed by atoms with E-state index in [9.17, 15) is 32.9 Å². The molecule has 1 saturated carbocycles. The molecule has 17 heteroatoms. The van der Waals surface area contributed by atoms with Gasteiger partial charge in [-0.05, 0) is 82.3 Å². The fraction of sp³-hybridized carbons (Fsp3) is 0.432. The molecule has 5 amide bonds. The number of rotatable bonds is 8. The molecule has 15 nitrogen and oxygen atoms in total. The van der Waals surface area contributed by atoms with Crippen molar-refractivity contribution >= 4 is 37.7 Å². The average molecular weight is 860 g/mol. The number of nitrogens with one attached hydrogen (secondary N) is 3. The first-order valence-corrected chi connectivity index (χ1v) is 22.1. The summed E-state index contributed by atoms with van der Waals surface area (Å²) in [6.45, 7) is 4.98. The zero-order valence-corrected chi connectivity index (χ0v) is 35.2. The average Bonchev–Trinajstić information content (AvgIpc) is 3.49. The Morgan fingerprint density at radius 2 is 1.59 bits per heavy atom. The summed E-state index contributed by atoms with van der Waals surface area (Å²) in [4.78, 5) is 72.8. The second kappa shape index (κ2) is 18.0. The van der Waals surface area contributed by atoms with Crippen LogP contribution in [0.2, 0.25) is 0 Å². The summed E-state index contributed by atoms with van der Waals surface area (Å²) in [5, 5.41) is 8.06. The molecule has 0 radical (unpaired) electrons. The number of hydrogen-bond acceptors (Lipinski definition) is 10. The van der Waals surface area contributed by atoms with Gasteiger partial charge in [0, 0.05) is 24.4 Å². The maximum absolute atomic E-state index is 14.6. The highest BCUT2D eigenvalue weighted by molar-refractivity contribution is 7.53. The Balaban J connectivity index is 1.16. The summed E-state index contributed by atoms with van der Waals surface area (Å²) in [5.74, 6) is -2.81. The maximum Gasteiger partial charge on any atom is 0.543 e. The van der Waals surface area contributed by atoms with E-state index in [1.165, 1.54) is 15.9 Å². The number of halogens is 1. The number of ether oxygens (including phenoxy) is 2. The molecule has 1 saturated heterocycles. The van der Waals surface area contributed by atoms with Gasteiger partial charge in [-0.15, -0.1) is 0 Å². The summed E-state index contributed by atoms with van der Waals surface area (Å²) < 4.78 is 52.0. The zero-order chi connectivity index (χ0) is 43.4. The molecule has 3 aromatic carbocycles. The van der Waals surface area contributed by atoms with Crippen molar-refractivity contribution in [3.63, 3.8) is 0 Å². The van der Waals surface area contributed by atoms with Gasteiger partial charge in [-0.25, -0.2) is 23.6 Å². The summed E-state index contributed by atoms with van der Waals surface area (Å²) in [5.41, 5.74) is -1.46. The monoisotopic (exact) mass is 859 g/mol. The first kappa shape index (κ1) is 43.2. The van der Waals surface area contributed by atoms with Crippen LogP contribution in [-0.4, -0.2) is 75.6 Å². The Hall–Kier alpha value is -5.89. The Bertz CT molecular complexity index is 2160. The van der Waals surface area contributed by atoms with Crippen molar-refractivity contribution in [2.75, 3.05) is 6.54 Å². The highest BCUT2D eigenvalue weighted by Crippen LogP contribution is 2.50. The number of carbonyl (C=O) groups excluding carboxylic acids is 5. The lowest BCUT2D eigenvalue weighted by molar-refractivity contribution is -0.141. The molecule has 61 heavy (non-hydrogen) atoms. The van der Waals surface area contributed by atoms with Crippen LogP contribution < -0.4 is 24.8 Å². The minimum absolute atomic E-state index is 0.0135. The Labute approximate surface area is 353 Å². The molecular formula is C44H51FN5O10P. The van der Waals surface area contributed by atoms with Crippen molar-refractivity contribution in [2.24, 2.45) is 5.92 Å². The molecule has 0 aromatic heterocycles. The molecule has 324 valence electrons. The highest BCUT2D eigenvalue weighted by atomic mass is 31.2. The Morgan fingerprint density at radius 1 is 0.902 bits per heavy atom. The maximum atomic E-state index is 14.6. The van der Waals surface area contributed by atoms with Crippen LogP contribution in [0.3, 0.4) is 0 Å². The molecule has 3 aromatic rings. The van der Waals surface area contributed by atoms with Crippen LogP contribution in [0.25, 0.3) is 0 Å². The van der Waals surface area contributed by atoms with Crippen LogP contribution in [0, 0.1) is 11.7 Å². The van der Waals surface area contributed by atoms with E-state index in [0.29, 0.717) is 30.4 Å².